The van der Waals surface area contributed by atoms with Crippen molar-refractivity contribution in [2.24, 2.45) is 0 Å². The van der Waals surface area contributed by atoms with Crippen LogP contribution in [0.2, 0.25) is 0 Å². The lowest BCUT2D eigenvalue weighted by atomic mass is 10.0. The molecular formula is C17H34O2. The van der Waals surface area contributed by atoms with Crippen LogP contribution < -0.4 is 0 Å². The maximum Gasteiger partial charge on any atom is 0.0810 e. The van der Waals surface area contributed by atoms with Crippen molar-refractivity contribution in [3.8, 4) is 0 Å². The molecule has 0 aromatic heterocycles. The SMILES string of the molecule is CCCCCCCCCC(CCCCC1CO1)OC. The summed E-state index contributed by atoms with van der Waals surface area (Å²) in [6.07, 6.45) is 17.2. The summed E-state index contributed by atoms with van der Waals surface area (Å²) in [6.45, 7) is 3.28. The molecule has 2 unspecified atom stereocenters. The third kappa shape index (κ3) is 10.4. The predicted molar refractivity (Wildman–Crippen MR) is 81.6 cm³/mol. The quantitative estimate of drug-likeness (QED) is 0.323. The fourth-order valence-electron chi connectivity index (χ4n) is 2.69. The molecule has 1 aliphatic heterocycles. The predicted octanol–water partition coefficient (Wildman–Crippen LogP) is 5.10. The van der Waals surface area contributed by atoms with Crippen LogP contribution in [0.4, 0.5) is 0 Å². The number of hydrogen-bond acceptors (Lipinski definition) is 2. The molecule has 0 N–H and O–H groups in total. The number of methoxy groups -OCH3 is 1. The van der Waals surface area contributed by atoms with E-state index < -0.39 is 0 Å². The fourth-order valence-corrected chi connectivity index (χ4v) is 2.69. The van der Waals surface area contributed by atoms with Crippen molar-refractivity contribution in [2.75, 3.05) is 13.7 Å². The van der Waals surface area contributed by atoms with Crippen LogP contribution in [0, 0.1) is 0 Å². The van der Waals surface area contributed by atoms with Crippen molar-refractivity contribution in [1.82, 2.24) is 0 Å². The second-order valence-corrected chi connectivity index (χ2v) is 6.01. The van der Waals surface area contributed by atoms with Gasteiger partial charge in [-0.05, 0) is 19.3 Å². The molecule has 0 amide bonds. The zero-order chi connectivity index (χ0) is 13.8. The molecule has 0 aromatic rings. The zero-order valence-corrected chi connectivity index (χ0v) is 13.2. The van der Waals surface area contributed by atoms with Gasteiger partial charge < -0.3 is 9.47 Å². The normalized spacial score (nSPS) is 19.6. The molecule has 1 saturated heterocycles. The molecule has 114 valence electrons. The topological polar surface area (TPSA) is 21.8 Å². The highest BCUT2D eigenvalue weighted by Gasteiger charge is 2.21. The Bertz CT molecular complexity index is 190. The molecule has 0 spiro atoms. The molecule has 1 fully saturated rings. The minimum Gasteiger partial charge on any atom is -0.381 e. The van der Waals surface area contributed by atoms with E-state index in [4.69, 9.17) is 9.47 Å². The first-order valence-electron chi connectivity index (χ1n) is 8.51. The molecule has 1 heterocycles. The van der Waals surface area contributed by atoms with Crippen LogP contribution in [0.1, 0.15) is 84.0 Å². The van der Waals surface area contributed by atoms with Gasteiger partial charge in [0.2, 0.25) is 0 Å². The van der Waals surface area contributed by atoms with Gasteiger partial charge in [-0.15, -0.1) is 0 Å². The Morgan fingerprint density at radius 3 is 2.11 bits per heavy atom. The zero-order valence-electron chi connectivity index (χ0n) is 13.2. The average molecular weight is 270 g/mol. The van der Waals surface area contributed by atoms with Crippen LogP contribution in [0.15, 0.2) is 0 Å². The smallest absolute Gasteiger partial charge is 0.0810 e. The number of ether oxygens (including phenoxy) is 2. The van der Waals surface area contributed by atoms with Gasteiger partial charge in [0.15, 0.2) is 0 Å². The molecule has 0 saturated carbocycles. The number of rotatable bonds is 14. The summed E-state index contributed by atoms with van der Waals surface area (Å²) in [5.74, 6) is 0. The Hall–Kier alpha value is -0.0800. The highest BCUT2D eigenvalue weighted by molar-refractivity contribution is 4.69. The molecule has 0 bridgehead atoms. The maximum absolute atomic E-state index is 5.59. The molecule has 19 heavy (non-hydrogen) atoms. The summed E-state index contributed by atoms with van der Waals surface area (Å²) < 4.78 is 10.8. The first kappa shape index (κ1) is 17.0. The summed E-state index contributed by atoms with van der Waals surface area (Å²) in [5, 5.41) is 0. The van der Waals surface area contributed by atoms with E-state index in [1.54, 1.807) is 0 Å². The Kier molecular flexibility index (Phi) is 10.5. The van der Waals surface area contributed by atoms with Gasteiger partial charge in [-0.1, -0.05) is 64.7 Å². The molecule has 0 aromatic carbocycles. The summed E-state index contributed by atoms with van der Waals surface area (Å²) in [5.41, 5.74) is 0. The van der Waals surface area contributed by atoms with Gasteiger partial charge in [0.1, 0.15) is 0 Å². The van der Waals surface area contributed by atoms with E-state index in [-0.39, 0.29) is 0 Å². The Balaban J connectivity index is 1.83. The first-order chi connectivity index (χ1) is 9.36. The van der Waals surface area contributed by atoms with Crippen molar-refractivity contribution in [3.63, 3.8) is 0 Å². The number of unbranched alkanes of at least 4 members (excludes halogenated alkanes) is 7. The van der Waals surface area contributed by atoms with Crippen LogP contribution in [0.5, 0.6) is 0 Å². The van der Waals surface area contributed by atoms with Crippen molar-refractivity contribution in [3.05, 3.63) is 0 Å². The molecule has 2 heteroatoms. The molecule has 1 rings (SSSR count). The molecule has 1 aliphatic rings. The monoisotopic (exact) mass is 270 g/mol. The Labute approximate surface area is 120 Å². The van der Waals surface area contributed by atoms with Gasteiger partial charge in [0.25, 0.3) is 0 Å². The third-order valence-corrected chi connectivity index (χ3v) is 4.17. The van der Waals surface area contributed by atoms with Gasteiger partial charge >= 0.3 is 0 Å². The first-order valence-corrected chi connectivity index (χ1v) is 8.51. The summed E-state index contributed by atoms with van der Waals surface area (Å²) in [6, 6.07) is 0. The second-order valence-electron chi connectivity index (χ2n) is 6.01. The van der Waals surface area contributed by atoms with E-state index in [0.717, 1.165) is 6.61 Å². The molecule has 0 radical (unpaired) electrons. The van der Waals surface area contributed by atoms with Crippen LogP contribution in [-0.2, 0) is 9.47 Å². The van der Waals surface area contributed by atoms with Crippen molar-refractivity contribution >= 4 is 0 Å². The lowest BCUT2D eigenvalue weighted by molar-refractivity contribution is 0.0830. The van der Waals surface area contributed by atoms with E-state index in [9.17, 15) is 0 Å². The molecule has 2 nitrogen and oxygen atoms in total. The van der Waals surface area contributed by atoms with Crippen LogP contribution in [0.25, 0.3) is 0 Å². The maximum atomic E-state index is 5.59. The van der Waals surface area contributed by atoms with Gasteiger partial charge in [0.05, 0.1) is 18.8 Å². The van der Waals surface area contributed by atoms with Gasteiger partial charge in [-0.3, -0.25) is 0 Å². The minimum atomic E-state index is 0.496. The van der Waals surface area contributed by atoms with E-state index in [1.807, 2.05) is 7.11 Å². The lowest BCUT2D eigenvalue weighted by Gasteiger charge is -2.14. The fraction of sp³-hybridized carbons (Fsp3) is 1.00. The highest BCUT2D eigenvalue weighted by atomic mass is 16.6. The van der Waals surface area contributed by atoms with E-state index >= 15 is 0 Å². The van der Waals surface area contributed by atoms with Gasteiger partial charge in [-0.25, -0.2) is 0 Å². The van der Waals surface area contributed by atoms with Crippen molar-refractivity contribution in [1.29, 1.82) is 0 Å². The van der Waals surface area contributed by atoms with Crippen molar-refractivity contribution < 1.29 is 9.47 Å². The highest BCUT2D eigenvalue weighted by Crippen LogP contribution is 2.19. The molecular weight excluding hydrogens is 236 g/mol. The van der Waals surface area contributed by atoms with Crippen LogP contribution >= 0.6 is 0 Å². The Morgan fingerprint density at radius 1 is 0.947 bits per heavy atom. The summed E-state index contributed by atoms with van der Waals surface area (Å²) >= 11 is 0. The second kappa shape index (κ2) is 11.7. The van der Waals surface area contributed by atoms with Crippen LogP contribution in [0.3, 0.4) is 0 Å². The summed E-state index contributed by atoms with van der Waals surface area (Å²) in [4.78, 5) is 0. The van der Waals surface area contributed by atoms with Gasteiger partial charge in [0, 0.05) is 7.11 Å². The minimum absolute atomic E-state index is 0.496. The molecule has 2 atom stereocenters. The standard InChI is InChI=1S/C17H34O2/c1-3-4-5-6-7-8-9-12-16(18-2)13-10-11-14-17-15-19-17/h16-17H,3-15H2,1-2H3. The largest absolute Gasteiger partial charge is 0.381 e. The van der Waals surface area contributed by atoms with Crippen molar-refractivity contribution in [2.45, 2.75) is 96.2 Å². The number of hydrogen-bond donors (Lipinski definition) is 0. The Morgan fingerprint density at radius 2 is 1.53 bits per heavy atom. The average Bonchev–Trinajstić information content (AvgIpc) is 3.24. The van der Waals surface area contributed by atoms with E-state index in [2.05, 4.69) is 6.92 Å². The van der Waals surface area contributed by atoms with E-state index in [1.165, 1.54) is 77.0 Å². The van der Waals surface area contributed by atoms with E-state index in [0.29, 0.717) is 12.2 Å². The third-order valence-electron chi connectivity index (χ3n) is 4.17. The molecule has 0 aliphatic carbocycles. The van der Waals surface area contributed by atoms with Gasteiger partial charge in [-0.2, -0.15) is 0 Å². The van der Waals surface area contributed by atoms with Crippen LogP contribution in [-0.4, -0.2) is 25.9 Å². The summed E-state index contributed by atoms with van der Waals surface area (Å²) in [7, 11) is 1.87. The lowest BCUT2D eigenvalue weighted by Crippen LogP contribution is -2.10. The number of epoxide rings is 1.